The van der Waals surface area contributed by atoms with Gasteiger partial charge in [0.2, 0.25) is 15.9 Å². The molecule has 34 heavy (non-hydrogen) atoms. The van der Waals surface area contributed by atoms with Crippen molar-refractivity contribution in [3.63, 3.8) is 0 Å². The number of carbonyl (C=O) groups is 1. The summed E-state index contributed by atoms with van der Waals surface area (Å²) in [5.41, 5.74) is 1.51. The zero-order valence-corrected chi connectivity index (χ0v) is 20.6. The van der Waals surface area contributed by atoms with E-state index in [4.69, 9.17) is 9.72 Å². The van der Waals surface area contributed by atoms with E-state index in [2.05, 4.69) is 21.9 Å². The molecule has 1 aliphatic rings. The van der Waals surface area contributed by atoms with Crippen LogP contribution in [-0.2, 0) is 39.1 Å². The van der Waals surface area contributed by atoms with E-state index >= 15 is 0 Å². The highest BCUT2D eigenvalue weighted by Gasteiger charge is 2.27. The predicted molar refractivity (Wildman–Crippen MR) is 129 cm³/mol. The molecule has 10 nitrogen and oxygen atoms in total. The van der Waals surface area contributed by atoms with Crippen molar-refractivity contribution in [2.24, 2.45) is 0 Å². The van der Waals surface area contributed by atoms with Crippen LogP contribution >= 0.6 is 0 Å². The molecule has 0 radical (unpaired) electrons. The first-order valence-corrected chi connectivity index (χ1v) is 13.3. The maximum Gasteiger partial charge on any atom is 0.243 e. The Hall–Kier alpha value is -2.76. The Kier molecular flexibility index (Phi) is 7.64. The number of sulfonamides is 1. The van der Waals surface area contributed by atoms with Crippen molar-refractivity contribution in [2.45, 2.75) is 57.5 Å². The number of amides is 1. The number of rotatable bonds is 10. The molecule has 0 spiro atoms. The number of unbranched alkanes of at least 4 members (excludes halogenated alkanes) is 1. The first kappa shape index (κ1) is 24.4. The maximum atomic E-state index is 13.1. The number of anilines is 1. The Morgan fingerprint density at radius 2 is 1.97 bits per heavy atom. The second kappa shape index (κ2) is 10.7. The fourth-order valence-corrected chi connectivity index (χ4v) is 5.56. The van der Waals surface area contributed by atoms with E-state index in [9.17, 15) is 13.2 Å². The molecule has 1 saturated heterocycles. The van der Waals surface area contributed by atoms with Crippen LogP contribution in [-0.4, -0.2) is 64.3 Å². The first-order chi connectivity index (χ1) is 16.4. The number of ether oxygens (including phenoxy) is 1. The third kappa shape index (κ3) is 5.16. The van der Waals surface area contributed by atoms with E-state index in [1.165, 1.54) is 4.31 Å². The molecule has 1 aliphatic heterocycles. The normalized spacial score (nSPS) is 15.1. The molecular formula is C23H32N6O4S. The summed E-state index contributed by atoms with van der Waals surface area (Å²) in [7, 11) is -3.60. The van der Waals surface area contributed by atoms with E-state index < -0.39 is 10.0 Å². The van der Waals surface area contributed by atoms with Gasteiger partial charge in [0.1, 0.15) is 11.6 Å². The quantitative estimate of drug-likeness (QED) is 0.470. The van der Waals surface area contributed by atoms with Crippen LogP contribution in [0.3, 0.4) is 0 Å². The highest BCUT2D eigenvalue weighted by molar-refractivity contribution is 7.89. The average Bonchev–Trinajstić information content (AvgIpc) is 3.44. The third-order valence-electron chi connectivity index (χ3n) is 6.00. The molecule has 1 aromatic carbocycles. The minimum Gasteiger partial charge on any atom is -0.379 e. The Bertz CT molecular complexity index is 1240. The molecule has 184 valence electrons. The molecule has 11 heteroatoms. The van der Waals surface area contributed by atoms with Crippen molar-refractivity contribution in [2.75, 3.05) is 31.6 Å². The largest absolute Gasteiger partial charge is 0.379 e. The minimum absolute atomic E-state index is 0.111. The lowest BCUT2D eigenvalue weighted by Gasteiger charge is -2.26. The van der Waals surface area contributed by atoms with Gasteiger partial charge < -0.3 is 14.6 Å². The zero-order valence-electron chi connectivity index (χ0n) is 19.7. The van der Waals surface area contributed by atoms with E-state index in [0.717, 1.165) is 30.7 Å². The summed E-state index contributed by atoms with van der Waals surface area (Å²) in [5.74, 6) is 1.34. The number of hydrogen-bond donors (Lipinski definition) is 1. The van der Waals surface area contributed by atoms with Crippen molar-refractivity contribution < 1.29 is 17.9 Å². The fourth-order valence-electron chi connectivity index (χ4n) is 4.13. The Balaban J connectivity index is 1.56. The van der Waals surface area contributed by atoms with Gasteiger partial charge in [-0.1, -0.05) is 13.3 Å². The van der Waals surface area contributed by atoms with Gasteiger partial charge >= 0.3 is 0 Å². The van der Waals surface area contributed by atoms with Crippen LogP contribution in [0, 0.1) is 0 Å². The molecule has 0 aliphatic carbocycles. The number of hydrogen-bond acceptors (Lipinski definition) is 6. The van der Waals surface area contributed by atoms with Gasteiger partial charge in [-0.3, -0.25) is 4.79 Å². The van der Waals surface area contributed by atoms with Crippen molar-refractivity contribution in [1.82, 2.24) is 23.6 Å². The smallest absolute Gasteiger partial charge is 0.243 e. The molecule has 3 aromatic rings. The van der Waals surface area contributed by atoms with Gasteiger partial charge in [-0.05, 0) is 31.5 Å². The van der Waals surface area contributed by atoms with E-state index in [1.54, 1.807) is 29.1 Å². The average molecular weight is 489 g/mol. The van der Waals surface area contributed by atoms with Crippen LogP contribution in [0.25, 0.3) is 11.0 Å². The monoisotopic (exact) mass is 488 g/mol. The number of carbonyl (C=O) groups excluding carboxylic acids is 1. The SMILES string of the molecule is CCCCn1c(CCC(=O)Nc2ccnn2CC)nc2cc(S(=O)(=O)N3CCOCC3)ccc21. The van der Waals surface area contributed by atoms with E-state index in [-0.39, 0.29) is 17.2 Å². The number of nitrogens with zero attached hydrogens (tertiary/aromatic N) is 5. The highest BCUT2D eigenvalue weighted by atomic mass is 32.2. The number of aromatic nitrogens is 4. The number of aryl methyl sites for hydroxylation is 3. The van der Waals surface area contributed by atoms with Crippen LogP contribution < -0.4 is 5.32 Å². The lowest BCUT2D eigenvalue weighted by molar-refractivity contribution is -0.116. The summed E-state index contributed by atoms with van der Waals surface area (Å²) in [6, 6.07) is 6.90. The lowest BCUT2D eigenvalue weighted by Crippen LogP contribution is -2.40. The number of imidazole rings is 1. The fraction of sp³-hybridized carbons (Fsp3) is 0.522. The first-order valence-electron chi connectivity index (χ1n) is 11.8. The molecule has 3 heterocycles. The summed E-state index contributed by atoms with van der Waals surface area (Å²) in [6.07, 6.45) is 4.36. The van der Waals surface area contributed by atoms with Crippen LogP contribution in [0.5, 0.6) is 0 Å². The topological polar surface area (TPSA) is 111 Å². The molecule has 4 rings (SSSR count). The summed E-state index contributed by atoms with van der Waals surface area (Å²) < 4.78 is 36.8. The molecule has 1 N–H and O–H groups in total. The predicted octanol–water partition coefficient (Wildman–Crippen LogP) is 2.65. The van der Waals surface area contributed by atoms with Crippen molar-refractivity contribution in [3.05, 3.63) is 36.3 Å². The summed E-state index contributed by atoms with van der Waals surface area (Å²) in [5, 5.41) is 7.07. The van der Waals surface area contributed by atoms with Gasteiger partial charge in [0.05, 0.1) is 35.3 Å². The standard InChI is InChI=1S/C23H32N6O4S/c1-3-5-12-28-20-7-6-18(34(31,32)27-13-15-33-16-14-27)17-19(20)25-21(28)8-9-23(30)26-22-10-11-24-29(22)4-2/h6-7,10-11,17H,3-5,8-9,12-16H2,1-2H3,(H,26,30). The van der Waals surface area contributed by atoms with Gasteiger partial charge in [0, 0.05) is 45.1 Å². The van der Waals surface area contributed by atoms with Crippen molar-refractivity contribution >= 4 is 32.8 Å². The van der Waals surface area contributed by atoms with Gasteiger partial charge in [-0.25, -0.2) is 18.1 Å². The molecular weight excluding hydrogens is 456 g/mol. The third-order valence-corrected chi connectivity index (χ3v) is 7.90. The molecule has 0 bridgehead atoms. The summed E-state index contributed by atoms with van der Waals surface area (Å²) in [6.45, 7) is 7.03. The number of fused-ring (bicyclic) bond motifs is 1. The Morgan fingerprint density at radius 3 is 2.71 bits per heavy atom. The van der Waals surface area contributed by atoms with Crippen molar-refractivity contribution in [1.29, 1.82) is 0 Å². The van der Waals surface area contributed by atoms with E-state index in [1.807, 2.05) is 13.0 Å². The molecule has 2 aromatic heterocycles. The van der Waals surface area contributed by atoms with Gasteiger partial charge in [-0.2, -0.15) is 9.40 Å². The number of nitrogens with one attached hydrogen (secondary N) is 1. The molecule has 0 saturated carbocycles. The van der Waals surface area contributed by atoms with Crippen LogP contribution in [0.1, 0.15) is 38.9 Å². The number of morpholine rings is 1. The summed E-state index contributed by atoms with van der Waals surface area (Å²) in [4.78, 5) is 17.5. The lowest BCUT2D eigenvalue weighted by atomic mass is 10.2. The zero-order chi connectivity index (χ0) is 24.1. The number of benzene rings is 1. The second-order valence-electron chi connectivity index (χ2n) is 8.28. The molecule has 1 amide bonds. The van der Waals surface area contributed by atoms with Gasteiger partial charge in [0.25, 0.3) is 0 Å². The van der Waals surface area contributed by atoms with Gasteiger partial charge in [-0.15, -0.1) is 0 Å². The Morgan fingerprint density at radius 1 is 1.18 bits per heavy atom. The summed E-state index contributed by atoms with van der Waals surface area (Å²) >= 11 is 0. The van der Waals surface area contributed by atoms with Crippen LogP contribution in [0.2, 0.25) is 0 Å². The second-order valence-corrected chi connectivity index (χ2v) is 10.2. The van der Waals surface area contributed by atoms with Crippen LogP contribution in [0.4, 0.5) is 5.82 Å². The minimum atomic E-state index is -3.60. The van der Waals surface area contributed by atoms with Crippen molar-refractivity contribution in [3.8, 4) is 0 Å². The van der Waals surface area contributed by atoms with E-state index in [0.29, 0.717) is 50.6 Å². The maximum absolute atomic E-state index is 13.1. The Labute approximate surface area is 200 Å². The highest BCUT2D eigenvalue weighted by Crippen LogP contribution is 2.24. The van der Waals surface area contributed by atoms with Gasteiger partial charge in [0.15, 0.2) is 0 Å². The molecule has 0 unspecified atom stereocenters. The van der Waals surface area contributed by atoms with Crippen LogP contribution in [0.15, 0.2) is 35.4 Å². The molecule has 1 fully saturated rings. The molecule has 0 atom stereocenters.